The second-order valence-corrected chi connectivity index (χ2v) is 5.28. The van der Waals surface area contributed by atoms with Crippen molar-refractivity contribution in [1.29, 1.82) is 0 Å². The van der Waals surface area contributed by atoms with Crippen LogP contribution >= 0.6 is 23.2 Å². The van der Waals surface area contributed by atoms with Crippen LogP contribution in [-0.2, 0) is 6.42 Å². The fraction of sp³-hybridized carbons (Fsp3) is 0.538. The number of rotatable bonds is 6. The lowest BCUT2D eigenvalue weighted by Gasteiger charge is -2.24. The number of nitrogens with one attached hydrogen (secondary N) is 1. The molecule has 0 aliphatic carbocycles. The monoisotopic (exact) mass is 275 g/mol. The van der Waals surface area contributed by atoms with Gasteiger partial charge in [-0.15, -0.1) is 0 Å². The van der Waals surface area contributed by atoms with Gasteiger partial charge in [-0.2, -0.15) is 0 Å². The lowest BCUT2D eigenvalue weighted by atomic mass is 9.93. The number of halogens is 2. The van der Waals surface area contributed by atoms with Gasteiger partial charge in [0.25, 0.3) is 0 Å². The van der Waals surface area contributed by atoms with Gasteiger partial charge < -0.3 is 10.4 Å². The van der Waals surface area contributed by atoms with Gasteiger partial charge >= 0.3 is 0 Å². The highest BCUT2D eigenvalue weighted by molar-refractivity contribution is 6.42. The molecule has 1 atom stereocenters. The first-order valence-electron chi connectivity index (χ1n) is 5.82. The van der Waals surface area contributed by atoms with E-state index in [1.807, 2.05) is 26.0 Å². The van der Waals surface area contributed by atoms with Crippen molar-refractivity contribution in [2.45, 2.75) is 32.3 Å². The third-order valence-corrected chi connectivity index (χ3v) is 3.55. The van der Waals surface area contributed by atoms with Crippen molar-refractivity contribution >= 4 is 23.2 Å². The van der Waals surface area contributed by atoms with E-state index < -0.39 is 5.60 Å². The molecule has 0 aliphatic rings. The van der Waals surface area contributed by atoms with Gasteiger partial charge in [-0.25, -0.2) is 0 Å². The van der Waals surface area contributed by atoms with Gasteiger partial charge in [0.1, 0.15) is 0 Å². The van der Waals surface area contributed by atoms with Gasteiger partial charge in [0.2, 0.25) is 0 Å². The molecule has 4 heteroatoms. The quantitative estimate of drug-likeness (QED) is 0.781. The van der Waals surface area contributed by atoms with E-state index in [4.69, 9.17) is 23.2 Å². The van der Waals surface area contributed by atoms with E-state index >= 15 is 0 Å². The van der Waals surface area contributed by atoms with Gasteiger partial charge in [-0.1, -0.05) is 42.3 Å². The number of hydrogen-bond acceptors (Lipinski definition) is 2. The molecule has 0 aromatic heterocycles. The van der Waals surface area contributed by atoms with Crippen LogP contribution in [0.1, 0.15) is 25.8 Å². The highest BCUT2D eigenvalue weighted by Gasteiger charge is 2.22. The van der Waals surface area contributed by atoms with E-state index in [2.05, 4.69) is 5.32 Å². The predicted octanol–water partition coefficient (Wildman–Crippen LogP) is 3.29. The molecule has 0 saturated heterocycles. The van der Waals surface area contributed by atoms with Crippen molar-refractivity contribution in [3.63, 3.8) is 0 Å². The van der Waals surface area contributed by atoms with Gasteiger partial charge in [-0.3, -0.25) is 0 Å². The summed E-state index contributed by atoms with van der Waals surface area (Å²) in [4.78, 5) is 0. The SMILES string of the molecule is CCNCCC(C)(O)Cc1cccc(Cl)c1Cl. The van der Waals surface area contributed by atoms with Crippen LogP contribution in [0.5, 0.6) is 0 Å². The molecule has 1 aromatic rings. The van der Waals surface area contributed by atoms with Crippen LogP contribution in [0.25, 0.3) is 0 Å². The molecule has 0 bridgehead atoms. The molecule has 1 unspecified atom stereocenters. The minimum Gasteiger partial charge on any atom is -0.390 e. The number of benzene rings is 1. The Morgan fingerprint density at radius 3 is 2.71 bits per heavy atom. The van der Waals surface area contributed by atoms with Crippen LogP contribution in [-0.4, -0.2) is 23.8 Å². The summed E-state index contributed by atoms with van der Waals surface area (Å²) in [5.74, 6) is 0. The van der Waals surface area contributed by atoms with Crippen LogP contribution in [0.4, 0.5) is 0 Å². The molecule has 0 amide bonds. The smallest absolute Gasteiger partial charge is 0.0672 e. The van der Waals surface area contributed by atoms with E-state index in [-0.39, 0.29) is 0 Å². The fourth-order valence-corrected chi connectivity index (χ4v) is 2.11. The Morgan fingerprint density at radius 1 is 1.35 bits per heavy atom. The first kappa shape index (κ1) is 14.8. The normalized spacial score (nSPS) is 14.6. The Bertz CT molecular complexity index is 366. The molecule has 17 heavy (non-hydrogen) atoms. The maximum Gasteiger partial charge on any atom is 0.0672 e. The minimum atomic E-state index is -0.767. The maximum absolute atomic E-state index is 10.3. The van der Waals surface area contributed by atoms with Crippen LogP contribution < -0.4 is 5.32 Å². The van der Waals surface area contributed by atoms with Gasteiger partial charge in [-0.05, 0) is 38.1 Å². The van der Waals surface area contributed by atoms with E-state index in [0.717, 1.165) is 18.7 Å². The van der Waals surface area contributed by atoms with Crippen molar-refractivity contribution in [3.05, 3.63) is 33.8 Å². The first-order valence-corrected chi connectivity index (χ1v) is 6.58. The summed E-state index contributed by atoms with van der Waals surface area (Å²) >= 11 is 12.0. The average molecular weight is 276 g/mol. The second-order valence-electron chi connectivity index (χ2n) is 4.49. The van der Waals surface area contributed by atoms with Gasteiger partial charge in [0.05, 0.1) is 15.6 Å². The zero-order valence-corrected chi connectivity index (χ0v) is 11.8. The van der Waals surface area contributed by atoms with Crippen molar-refractivity contribution in [2.24, 2.45) is 0 Å². The predicted molar refractivity (Wildman–Crippen MR) is 74.0 cm³/mol. The molecule has 2 nitrogen and oxygen atoms in total. The largest absolute Gasteiger partial charge is 0.390 e. The van der Waals surface area contributed by atoms with Crippen molar-refractivity contribution in [1.82, 2.24) is 5.32 Å². The Labute approximate surface area is 113 Å². The Morgan fingerprint density at radius 2 is 2.06 bits per heavy atom. The van der Waals surface area contributed by atoms with Crippen molar-refractivity contribution in [3.8, 4) is 0 Å². The third-order valence-electron chi connectivity index (χ3n) is 2.69. The highest BCUT2D eigenvalue weighted by Crippen LogP contribution is 2.29. The van der Waals surface area contributed by atoms with E-state index in [9.17, 15) is 5.11 Å². The van der Waals surface area contributed by atoms with Crippen LogP contribution in [0.3, 0.4) is 0 Å². The van der Waals surface area contributed by atoms with Crippen LogP contribution in [0, 0.1) is 0 Å². The topological polar surface area (TPSA) is 32.3 Å². The molecule has 96 valence electrons. The standard InChI is InChI=1S/C13H19Cl2NO/c1-3-16-8-7-13(2,17)9-10-5-4-6-11(14)12(10)15/h4-6,16-17H,3,7-9H2,1-2H3. The molecule has 0 fully saturated rings. The van der Waals surface area contributed by atoms with Crippen LogP contribution in [0.15, 0.2) is 18.2 Å². The molecular formula is C13H19Cl2NO. The Hall–Kier alpha value is -0.280. The zero-order chi connectivity index (χ0) is 12.9. The zero-order valence-electron chi connectivity index (χ0n) is 10.3. The minimum absolute atomic E-state index is 0.512. The molecule has 0 aliphatic heterocycles. The van der Waals surface area contributed by atoms with Crippen LogP contribution in [0.2, 0.25) is 10.0 Å². The van der Waals surface area contributed by atoms with Crippen molar-refractivity contribution in [2.75, 3.05) is 13.1 Å². The summed E-state index contributed by atoms with van der Waals surface area (Å²) in [6.07, 6.45) is 1.20. The van der Waals surface area contributed by atoms with E-state index in [1.54, 1.807) is 6.07 Å². The highest BCUT2D eigenvalue weighted by atomic mass is 35.5. The van der Waals surface area contributed by atoms with Gasteiger partial charge in [0, 0.05) is 6.42 Å². The molecule has 2 N–H and O–H groups in total. The summed E-state index contributed by atoms with van der Waals surface area (Å²) in [5, 5.41) is 14.5. The summed E-state index contributed by atoms with van der Waals surface area (Å²) in [6.45, 7) is 5.57. The molecule has 0 saturated carbocycles. The second kappa shape index (κ2) is 6.60. The lowest BCUT2D eigenvalue weighted by Crippen LogP contribution is -2.32. The summed E-state index contributed by atoms with van der Waals surface area (Å²) in [5.41, 5.74) is 0.122. The van der Waals surface area contributed by atoms with Gasteiger partial charge in [0.15, 0.2) is 0 Å². The Balaban J connectivity index is 2.65. The molecule has 0 radical (unpaired) electrons. The fourth-order valence-electron chi connectivity index (χ4n) is 1.72. The van der Waals surface area contributed by atoms with Crippen molar-refractivity contribution < 1.29 is 5.11 Å². The summed E-state index contributed by atoms with van der Waals surface area (Å²) in [6, 6.07) is 5.50. The molecule has 0 spiro atoms. The number of aliphatic hydroxyl groups is 1. The van der Waals surface area contributed by atoms with E-state index in [1.165, 1.54) is 0 Å². The number of hydrogen-bond donors (Lipinski definition) is 2. The van der Waals surface area contributed by atoms with E-state index in [0.29, 0.717) is 22.9 Å². The molecular weight excluding hydrogens is 257 g/mol. The summed E-state index contributed by atoms with van der Waals surface area (Å²) < 4.78 is 0. The summed E-state index contributed by atoms with van der Waals surface area (Å²) in [7, 11) is 0. The molecule has 1 aromatic carbocycles. The maximum atomic E-state index is 10.3. The Kier molecular flexibility index (Phi) is 5.74. The molecule has 1 rings (SSSR count). The molecule has 0 heterocycles. The average Bonchev–Trinajstić information content (AvgIpc) is 2.25. The first-order chi connectivity index (χ1) is 7.96. The third kappa shape index (κ3) is 4.84. The lowest BCUT2D eigenvalue weighted by molar-refractivity contribution is 0.0517.